The summed E-state index contributed by atoms with van der Waals surface area (Å²) in [7, 11) is 3.18. The van der Waals surface area contributed by atoms with E-state index in [4.69, 9.17) is 13.9 Å². The summed E-state index contributed by atoms with van der Waals surface area (Å²) in [5.41, 5.74) is 4.21. The average molecular weight is 456 g/mol. The maximum absolute atomic E-state index is 12.2. The van der Waals surface area contributed by atoms with Gasteiger partial charge in [0.1, 0.15) is 5.76 Å². The van der Waals surface area contributed by atoms with Crippen LogP contribution in [0, 0.1) is 0 Å². The summed E-state index contributed by atoms with van der Waals surface area (Å²) >= 11 is 1.29. The number of carbonyl (C=O) groups excluding carboxylic acids is 1. The molecule has 168 valence electrons. The number of hydrogen-bond acceptors (Lipinski definition) is 8. The van der Waals surface area contributed by atoms with Gasteiger partial charge < -0.3 is 18.5 Å². The van der Waals surface area contributed by atoms with E-state index in [1.54, 1.807) is 32.8 Å². The van der Waals surface area contributed by atoms with Crippen LogP contribution >= 0.6 is 11.8 Å². The van der Waals surface area contributed by atoms with Crippen molar-refractivity contribution < 1.29 is 18.7 Å². The molecule has 0 saturated carbocycles. The zero-order chi connectivity index (χ0) is 22.9. The van der Waals surface area contributed by atoms with Gasteiger partial charge in [0.25, 0.3) is 5.91 Å². The van der Waals surface area contributed by atoms with E-state index in [1.165, 1.54) is 11.8 Å². The highest BCUT2D eigenvalue weighted by Crippen LogP contribution is 2.32. The number of hydrazone groups is 1. The minimum absolute atomic E-state index is 0.155. The fourth-order valence-electron chi connectivity index (χ4n) is 2.87. The van der Waals surface area contributed by atoms with Gasteiger partial charge in [-0.1, -0.05) is 11.8 Å². The molecule has 1 amide bonds. The predicted octanol–water partition coefficient (Wildman–Crippen LogP) is 3.87. The van der Waals surface area contributed by atoms with Gasteiger partial charge in [-0.05, 0) is 55.8 Å². The van der Waals surface area contributed by atoms with Gasteiger partial charge in [0.05, 0.1) is 32.5 Å². The molecule has 32 heavy (non-hydrogen) atoms. The second-order valence-corrected chi connectivity index (χ2v) is 7.55. The van der Waals surface area contributed by atoms with Crippen LogP contribution in [-0.2, 0) is 11.3 Å². The van der Waals surface area contributed by atoms with Crippen molar-refractivity contribution in [2.75, 3.05) is 20.0 Å². The van der Waals surface area contributed by atoms with Gasteiger partial charge in [-0.15, -0.1) is 10.2 Å². The summed E-state index contributed by atoms with van der Waals surface area (Å²) in [5.74, 6) is 2.57. The molecule has 9 nitrogen and oxygen atoms in total. The number of hydrogen-bond donors (Lipinski definition) is 1. The Labute approximate surface area is 190 Å². The Morgan fingerprint density at radius 3 is 2.75 bits per heavy atom. The van der Waals surface area contributed by atoms with E-state index in [0.717, 1.165) is 16.9 Å². The highest BCUT2D eigenvalue weighted by Gasteiger charge is 2.16. The third-order valence-electron chi connectivity index (χ3n) is 4.38. The number of nitrogens with zero attached hydrogens (tertiary/aromatic N) is 4. The Morgan fingerprint density at radius 1 is 1.25 bits per heavy atom. The lowest BCUT2D eigenvalue weighted by molar-refractivity contribution is -0.118. The van der Waals surface area contributed by atoms with Crippen molar-refractivity contribution in [3.63, 3.8) is 0 Å². The molecule has 0 atom stereocenters. The number of benzene rings is 1. The van der Waals surface area contributed by atoms with Crippen molar-refractivity contribution in [3.05, 3.63) is 47.9 Å². The van der Waals surface area contributed by atoms with Gasteiger partial charge in [0.15, 0.2) is 22.5 Å². The molecule has 0 fully saturated rings. The van der Waals surface area contributed by atoms with Gasteiger partial charge >= 0.3 is 0 Å². The van der Waals surface area contributed by atoms with E-state index >= 15 is 0 Å². The standard InChI is InChI=1S/C22H25N5O4S/c1-5-27-21(16-8-9-18(29-3)19(12-16)30-4)25-26-22(27)32-14-20(28)24-23-13-15(2)11-17-7-6-10-31-17/h6-13H,5,14H2,1-4H3,(H,24,28)/b15-11-,23-13-. The highest BCUT2D eigenvalue weighted by atomic mass is 32.2. The summed E-state index contributed by atoms with van der Waals surface area (Å²) in [4.78, 5) is 12.2. The first-order valence-electron chi connectivity index (χ1n) is 9.87. The Balaban J connectivity index is 1.62. The van der Waals surface area contributed by atoms with Crippen molar-refractivity contribution in [3.8, 4) is 22.9 Å². The lowest BCUT2D eigenvalue weighted by atomic mass is 10.2. The normalized spacial score (nSPS) is 11.7. The Hall–Kier alpha value is -3.53. The molecule has 3 aromatic rings. The number of nitrogens with one attached hydrogen (secondary N) is 1. The van der Waals surface area contributed by atoms with Crippen LogP contribution in [0.15, 0.2) is 56.8 Å². The smallest absolute Gasteiger partial charge is 0.250 e. The molecule has 2 heterocycles. The number of rotatable bonds is 10. The van der Waals surface area contributed by atoms with E-state index in [0.29, 0.717) is 29.0 Å². The van der Waals surface area contributed by atoms with E-state index in [9.17, 15) is 4.79 Å². The summed E-state index contributed by atoms with van der Waals surface area (Å²) in [5, 5.41) is 13.2. The SMILES string of the molecule is CCn1c(SCC(=O)N/N=C\C(C)=C/c2ccco2)nnc1-c1ccc(OC)c(OC)c1. The first-order chi connectivity index (χ1) is 15.5. The van der Waals surface area contributed by atoms with Gasteiger partial charge in [0.2, 0.25) is 0 Å². The number of amides is 1. The molecule has 0 bridgehead atoms. The molecule has 3 rings (SSSR count). The first kappa shape index (κ1) is 23.1. The minimum Gasteiger partial charge on any atom is -0.493 e. The molecule has 1 N–H and O–H groups in total. The number of ether oxygens (including phenoxy) is 2. The predicted molar refractivity (Wildman–Crippen MR) is 124 cm³/mol. The third-order valence-corrected chi connectivity index (χ3v) is 5.34. The van der Waals surface area contributed by atoms with Crippen LogP contribution in [0.2, 0.25) is 0 Å². The van der Waals surface area contributed by atoms with Crippen molar-refractivity contribution >= 4 is 30.0 Å². The van der Waals surface area contributed by atoms with Gasteiger partial charge in [-0.2, -0.15) is 5.10 Å². The molecule has 2 aromatic heterocycles. The van der Waals surface area contributed by atoms with Crippen LogP contribution in [0.5, 0.6) is 11.5 Å². The fraction of sp³-hybridized carbons (Fsp3) is 0.273. The Bertz CT molecular complexity index is 1110. The molecule has 10 heteroatoms. The van der Waals surface area contributed by atoms with Gasteiger partial charge in [0, 0.05) is 12.1 Å². The average Bonchev–Trinajstić information content (AvgIpc) is 3.46. The monoisotopic (exact) mass is 455 g/mol. The number of allylic oxidation sites excluding steroid dienone is 1. The molecule has 0 aliphatic carbocycles. The summed E-state index contributed by atoms with van der Waals surface area (Å²) in [6, 6.07) is 9.21. The van der Waals surface area contributed by atoms with E-state index in [-0.39, 0.29) is 11.7 Å². The van der Waals surface area contributed by atoms with Crippen molar-refractivity contribution in [2.24, 2.45) is 5.10 Å². The first-order valence-corrected chi connectivity index (χ1v) is 10.9. The Morgan fingerprint density at radius 2 is 2.06 bits per heavy atom. The topological polar surface area (TPSA) is 104 Å². The maximum atomic E-state index is 12.2. The zero-order valence-electron chi connectivity index (χ0n) is 18.4. The van der Waals surface area contributed by atoms with Crippen molar-refractivity contribution in [1.82, 2.24) is 20.2 Å². The zero-order valence-corrected chi connectivity index (χ0v) is 19.2. The molecule has 0 unspecified atom stereocenters. The van der Waals surface area contributed by atoms with Crippen LogP contribution < -0.4 is 14.9 Å². The van der Waals surface area contributed by atoms with Crippen molar-refractivity contribution in [1.29, 1.82) is 0 Å². The minimum atomic E-state index is -0.240. The summed E-state index contributed by atoms with van der Waals surface area (Å²) in [6.07, 6.45) is 4.99. The summed E-state index contributed by atoms with van der Waals surface area (Å²) in [6.45, 7) is 4.51. The van der Waals surface area contributed by atoms with Crippen LogP contribution in [0.1, 0.15) is 19.6 Å². The molecule has 0 saturated heterocycles. The Kier molecular flexibility index (Phi) is 8.09. The molecular formula is C22H25N5O4S. The fourth-order valence-corrected chi connectivity index (χ4v) is 3.67. The molecular weight excluding hydrogens is 430 g/mol. The molecule has 0 spiro atoms. The van der Waals surface area contributed by atoms with Crippen LogP contribution in [0.25, 0.3) is 17.5 Å². The second kappa shape index (κ2) is 11.2. The number of carbonyl (C=O) groups is 1. The molecule has 1 aromatic carbocycles. The van der Waals surface area contributed by atoms with Crippen LogP contribution in [-0.4, -0.2) is 46.9 Å². The second-order valence-electron chi connectivity index (χ2n) is 6.61. The van der Waals surface area contributed by atoms with Crippen LogP contribution in [0.4, 0.5) is 0 Å². The third kappa shape index (κ3) is 5.79. The number of thioether (sulfide) groups is 1. The number of methoxy groups -OCH3 is 2. The highest BCUT2D eigenvalue weighted by molar-refractivity contribution is 7.99. The summed E-state index contributed by atoms with van der Waals surface area (Å²) < 4.78 is 17.9. The molecule has 0 radical (unpaired) electrons. The van der Waals surface area contributed by atoms with Gasteiger partial charge in [-0.3, -0.25) is 4.79 Å². The van der Waals surface area contributed by atoms with E-state index < -0.39 is 0 Å². The van der Waals surface area contributed by atoms with Crippen molar-refractivity contribution in [2.45, 2.75) is 25.5 Å². The van der Waals surface area contributed by atoms with Crippen LogP contribution in [0.3, 0.4) is 0 Å². The number of aromatic nitrogens is 3. The van der Waals surface area contributed by atoms with Gasteiger partial charge in [-0.25, -0.2) is 5.43 Å². The quantitative estimate of drug-likeness (QED) is 0.281. The largest absolute Gasteiger partial charge is 0.493 e. The number of furan rings is 1. The van der Waals surface area contributed by atoms with E-state index in [2.05, 4.69) is 20.7 Å². The maximum Gasteiger partial charge on any atom is 0.250 e. The lowest BCUT2D eigenvalue weighted by Crippen LogP contribution is -2.20. The molecule has 0 aliphatic rings. The lowest BCUT2D eigenvalue weighted by Gasteiger charge is -2.10. The van der Waals surface area contributed by atoms with E-state index in [1.807, 2.05) is 48.8 Å². The molecule has 0 aliphatic heterocycles.